The smallest absolute Gasteiger partial charge is 0.416 e. The summed E-state index contributed by atoms with van der Waals surface area (Å²) in [5, 5.41) is 10.4. The van der Waals surface area contributed by atoms with Gasteiger partial charge in [-0.3, -0.25) is 4.72 Å². The highest BCUT2D eigenvalue weighted by atomic mass is 32.2. The largest absolute Gasteiger partial charge is 0.504 e. The Morgan fingerprint density at radius 3 is 1.89 bits per heavy atom. The van der Waals surface area contributed by atoms with E-state index >= 15 is 0 Å². The Hall–Kier alpha value is -4.06. The number of phenolic OH excluding ortho intramolecular Hbond substituents is 1. The van der Waals surface area contributed by atoms with Crippen LogP contribution >= 0.6 is 0 Å². The lowest BCUT2D eigenvalue weighted by molar-refractivity contribution is -0.137. The third kappa shape index (κ3) is 6.20. The van der Waals surface area contributed by atoms with Gasteiger partial charge in [-0.2, -0.15) is 13.2 Å². The van der Waals surface area contributed by atoms with Crippen LogP contribution in [0.2, 0.25) is 0 Å². The molecule has 0 radical (unpaired) electrons. The highest BCUT2D eigenvalue weighted by Gasteiger charge is 2.32. The van der Waals surface area contributed by atoms with Gasteiger partial charge in [0.2, 0.25) is 5.75 Å². The van der Waals surface area contributed by atoms with Crippen LogP contribution in [0.15, 0.2) is 53.4 Å². The standard InChI is InChI=1S/C25H24F3NO7S/c1-33-21-12-16(13-22(34-2)24(21)36-4)9-8-15-10-19(23(35-3)20(30)11-15)29-37(31,32)18-7-5-6-17(14-18)25(26,27)28/h5-14,29-30H,1-4H3. The van der Waals surface area contributed by atoms with Crippen molar-refractivity contribution in [2.24, 2.45) is 0 Å². The number of sulfonamides is 1. The molecule has 0 spiro atoms. The van der Waals surface area contributed by atoms with Crippen LogP contribution in [0, 0.1) is 0 Å². The molecule has 0 atom stereocenters. The maximum atomic E-state index is 13.1. The van der Waals surface area contributed by atoms with Gasteiger partial charge in [-0.25, -0.2) is 8.42 Å². The van der Waals surface area contributed by atoms with Crippen molar-refractivity contribution in [3.05, 3.63) is 65.2 Å². The number of halogens is 3. The number of ether oxygens (including phenoxy) is 4. The van der Waals surface area contributed by atoms with E-state index in [1.165, 1.54) is 40.6 Å². The van der Waals surface area contributed by atoms with Crippen molar-refractivity contribution in [3.8, 4) is 28.7 Å². The molecule has 0 aromatic heterocycles. The van der Waals surface area contributed by atoms with E-state index in [1.54, 1.807) is 24.3 Å². The first-order valence-electron chi connectivity index (χ1n) is 10.5. The molecule has 12 heteroatoms. The van der Waals surface area contributed by atoms with E-state index in [-0.39, 0.29) is 11.4 Å². The fourth-order valence-corrected chi connectivity index (χ4v) is 4.55. The Morgan fingerprint density at radius 1 is 0.811 bits per heavy atom. The average Bonchev–Trinajstić information content (AvgIpc) is 2.86. The number of rotatable bonds is 9. The van der Waals surface area contributed by atoms with Crippen molar-refractivity contribution < 1.29 is 45.6 Å². The minimum atomic E-state index is -4.72. The molecule has 0 aliphatic rings. The minimum absolute atomic E-state index is 0.176. The minimum Gasteiger partial charge on any atom is -0.504 e. The van der Waals surface area contributed by atoms with Crippen LogP contribution in [-0.4, -0.2) is 42.0 Å². The normalized spacial score (nSPS) is 11.9. The summed E-state index contributed by atoms with van der Waals surface area (Å²) in [5.74, 6) is 0.620. The summed E-state index contributed by atoms with van der Waals surface area (Å²) in [4.78, 5) is -0.609. The Morgan fingerprint density at radius 2 is 1.38 bits per heavy atom. The lowest BCUT2D eigenvalue weighted by Crippen LogP contribution is -2.15. The fourth-order valence-electron chi connectivity index (χ4n) is 3.46. The summed E-state index contributed by atoms with van der Waals surface area (Å²) in [5.41, 5.74) is -0.304. The molecule has 37 heavy (non-hydrogen) atoms. The third-order valence-corrected chi connectivity index (χ3v) is 6.53. The quantitative estimate of drug-likeness (QED) is 0.350. The number of alkyl halides is 3. The first kappa shape index (κ1) is 27.5. The van der Waals surface area contributed by atoms with Crippen molar-refractivity contribution >= 4 is 27.9 Å². The van der Waals surface area contributed by atoms with Crippen LogP contribution in [0.4, 0.5) is 18.9 Å². The van der Waals surface area contributed by atoms with Crippen LogP contribution in [0.3, 0.4) is 0 Å². The summed E-state index contributed by atoms with van der Waals surface area (Å²) >= 11 is 0. The molecule has 0 amide bonds. The predicted octanol–water partition coefficient (Wildman–Crippen LogP) is 5.42. The zero-order chi connectivity index (χ0) is 27.4. The number of methoxy groups -OCH3 is 4. The maximum absolute atomic E-state index is 13.1. The van der Waals surface area contributed by atoms with Gasteiger partial charge in [0, 0.05) is 0 Å². The van der Waals surface area contributed by atoms with Crippen LogP contribution in [0.5, 0.6) is 28.7 Å². The number of hydrogen-bond acceptors (Lipinski definition) is 7. The first-order chi connectivity index (χ1) is 17.4. The molecule has 3 aromatic carbocycles. The number of anilines is 1. The second kappa shape index (κ2) is 10.9. The number of benzene rings is 3. The number of aromatic hydroxyl groups is 1. The lowest BCUT2D eigenvalue weighted by atomic mass is 10.1. The van der Waals surface area contributed by atoms with Gasteiger partial charge >= 0.3 is 6.18 Å². The molecule has 0 saturated heterocycles. The Labute approximate surface area is 211 Å². The summed E-state index contributed by atoms with van der Waals surface area (Å²) in [6, 6.07) is 9.34. The van der Waals surface area contributed by atoms with Crippen molar-refractivity contribution in [3.63, 3.8) is 0 Å². The van der Waals surface area contributed by atoms with E-state index in [4.69, 9.17) is 18.9 Å². The fraction of sp³-hybridized carbons (Fsp3) is 0.200. The molecule has 0 heterocycles. The van der Waals surface area contributed by atoms with Gasteiger partial charge in [-0.1, -0.05) is 18.2 Å². The maximum Gasteiger partial charge on any atom is 0.416 e. The monoisotopic (exact) mass is 539 g/mol. The van der Waals surface area contributed by atoms with Crippen LogP contribution in [-0.2, 0) is 16.2 Å². The SMILES string of the molecule is COc1cc(C=Cc2cc(O)c(OC)c(NS(=O)(=O)c3cccc(C(F)(F)F)c3)c2)cc(OC)c1OC. The molecule has 3 aromatic rings. The van der Waals surface area contributed by atoms with E-state index in [9.17, 15) is 26.7 Å². The Bertz CT molecular complexity index is 1400. The highest BCUT2D eigenvalue weighted by Crippen LogP contribution is 2.40. The lowest BCUT2D eigenvalue weighted by Gasteiger charge is -2.15. The van der Waals surface area contributed by atoms with E-state index in [0.717, 1.165) is 18.2 Å². The van der Waals surface area contributed by atoms with Gasteiger partial charge < -0.3 is 24.1 Å². The average molecular weight is 540 g/mol. The first-order valence-corrected chi connectivity index (χ1v) is 12.0. The zero-order valence-electron chi connectivity index (χ0n) is 20.2. The molecular formula is C25H24F3NO7S. The van der Waals surface area contributed by atoms with Crippen LogP contribution in [0.25, 0.3) is 12.2 Å². The summed E-state index contributed by atoms with van der Waals surface area (Å²) in [6.07, 6.45) is -1.50. The molecule has 0 bridgehead atoms. The molecule has 3 rings (SSSR count). The predicted molar refractivity (Wildman–Crippen MR) is 132 cm³/mol. The van der Waals surface area contributed by atoms with Crippen molar-refractivity contribution in [2.75, 3.05) is 33.2 Å². The van der Waals surface area contributed by atoms with Crippen LogP contribution in [0.1, 0.15) is 16.7 Å². The Kier molecular flexibility index (Phi) is 8.12. The summed E-state index contributed by atoms with van der Waals surface area (Å²) in [7, 11) is 1.15. The van der Waals surface area contributed by atoms with Crippen molar-refractivity contribution in [1.82, 2.24) is 0 Å². The third-order valence-electron chi connectivity index (χ3n) is 5.17. The molecule has 0 fully saturated rings. The molecule has 0 aliphatic heterocycles. The van der Waals surface area contributed by atoms with Gasteiger partial charge in [0.05, 0.1) is 44.6 Å². The van der Waals surface area contributed by atoms with Gasteiger partial charge in [0.15, 0.2) is 23.0 Å². The number of phenols is 1. The molecular weight excluding hydrogens is 515 g/mol. The highest BCUT2D eigenvalue weighted by molar-refractivity contribution is 7.92. The molecule has 0 aliphatic carbocycles. The van der Waals surface area contributed by atoms with Gasteiger partial charge in [-0.15, -0.1) is 0 Å². The van der Waals surface area contributed by atoms with Gasteiger partial charge in [-0.05, 0) is 53.6 Å². The zero-order valence-corrected chi connectivity index (χ0v) is 21.0. The number of nitrogens with one attached hydrogen (secondary N) is 1. The topological polar surface area (TPSA) is 103 Å². The van der Waals surface area contributed by atoms with Crippen molar-refractivity contribution in [1.29, 1.82) is 0 Å². The summed E-state index contributed by atoms with van der Waals surface area (Å²) in [6.45, 7) is 0. The van der Waals surface area contributed by atoms with Gasteiger partial charge in [0.1, 0.15) is 0 Å². The molecule has 8 nitrogen and oxygen atoms in total. The van der Waals surface area contributed by atoms with E-state index < -0.39 is 32.4 Å². The molecule has 0 saturated carbocycles. The molecule has 0 unspecified atom stereocenters. The number of hydrogen-bond donors (Lipinski definition) is 2. The summed E-state index contributed by atoms with van der Waals surface area (Å²) < 4.78 is 88.2. The van der Waals surface area contributed by atoms with Crippen molar-refractivity contribution in [2.45, 2.75) is 11.1 Å². The molecule has 198 valence electrons. The second-order valence-corrected chi connectivity index (χ2v) is 9.23. The molecule has 2 N–H and O–H groups in total. The Balaban J connectivity index is 2.00. The second-order valence-electron chi connectivity index (χ2n) is 7.54. The van der Waals surface area contributed by atoms with E-state index in [2.05, 4.69) is 4.72 Å². The van der Waals surface area contributed by atoms with E-state index in [0.29, 0.717) is 34.4 Å². The van der Waals surface area contributed by atoms with E-state index in [1.807, 2.05) is 0 Å². The van der Waals surface area contributed by atoms with Crippen LogP contribution < -0.4 is 23.7 Å². The van der Waals surface area contributed by atoms with Gasteiger partial charge in [0.25, 0.3) is 10.0 Å².